The van der Waals surface area contributed by atoms with Crippen LogP contribution in [0.15, 0.2) is 48.5 Å². The lowest BCUT2D eigenvalue weighted by molar-refractivity contribution is -0.117. The second-order valence-corrected chi connectivity index (χ2v) is 6.75. The predicted octanol–water partition coefficient (Wildman–Crippen LogP) is 3.98. The summed E-state index contributed by atoms with van der Waals surface area (Å²) < 4.78 is 4.72. The number of methoxy groups -OCH3 is 1. The average Bonchev–Trinajstić information content (AvgIpc) is 2.67. The molecule has 0 fully saturated rings. The fourth-order valence-corrected chi connectivity index (χ4v) is 2.93. The van der Waals surface area contributed by atoms with Crippen molar-refractivity contribution in [2.24, 2.45) is 0 Å². The van der Waals surface area contributed by atoms with Crippen LogP contribution in [-0.4, -0.2) is 31.4 Å². The summed E-state index contributed by atoms with van der Waals surface area (Å²) in [5, 5.41) is 2.93. The number of esters is 1. The zero-order valence-electron chi connectivity index (χ0n) is 16.7. The second-order valence-electron chi connectivity index (χ2n) is 6.75. The second kappa shape index (κ2) is 9.69. The van der Waals surface area contributed by atoms with Gasteiger partial charge in [-0.3, -0.25) is 9.59 Å². The van der Waals surface area contributed by atoms with Gasteiger partial charge in [-0.05, 0) is 35.7 Å². The number of hydrogen-bond acceptors (Lipinski definition) is 4. The quantitative estimate of drug-likeness (QED) is 0.735. The molecule has 2 amide bonds. The van der Waals surface area contributed by atoms with Gasteiger partial charge in [0.2, 0.25) is 11.8 Å². The first-order valence-electron chi connectivity index (χ1n) is 9.18. The van der Waals surface area contributed by atoms with E-state index in [0.717, 1.165) is 11.3 Å². The van der Waals surface area contributed by atoms with Gasteiger partial charge in [0.25, 0.3) is 0 Å². The first kappa shape index (κ1) is 21.2. The Morgan fingerprint density at radius 1 is 1.07 bits per heavy atom. The summed E-state index contributed by atoms with van der Waals surface area (Å²) in [6.07, 6.45) is 0.133. The highest BCUT2D eigenvalue weighted by Gasteiger charge is 2.16. The number of nitrogens with zero attached hydrogens (tertiary/aromatic N) is 1. The number of rotatable bonds is 7. The van der Waals surface area contributed by atoms with E-state index in [-0.39, 0.29) is 30.7 Å². The molecule has 0 heterocycles. The van der Waals surface area contributed by atoms with Crippen LogP contribution in [0.25, 0.3) is 0 Å². The lowest BCUT2D eigenvalue weighted by Crippen LogP contribution is -2.32. The molecule has 6 heteroatoms. The van der Waals surface area contributed by atoms with Crippen LogP contribution in [-0.2, 0) is 14.3 Å². The largest absolute Gasteiger partial charge is 0.465 e. The van der Waals surface area contributed by atoms with E-state index in [9.17, 15) is 14.4 Å². The lowest BCUT2D eigenvalue weighted by Gasteiger charge is -2.22. The van der Waals surface area contributed by atoms with Crippen molar-refractivity contribution in [2.45, 2.75) is 33.1 Å². The van der Waals surface area contributed by atoms with E-state index in [1.54, 1.807) is 24.3 Å². The third-order valence-electron chi connectivity index (χ3n) is 4.38. The minimum Gasteiger partial charge on any atom is -0.465 e. The molecule has 2 aromatic carbocycles. The van der Waals surface area contributed by atoms with Crippen molar-refractivity contribution in [3.63, 3.8) is 0 Å². The zero-order chi connectivity index (χ0) is 20.7. The van der Waals surface area contributed by atoms with Crippen molar-refractivity contribution in [3.8, 4) is 0 Å². The van der Waals surface area contributed by atoms with Crippen LogP contribution in [0, 0.1) is 0 Å². The van der Waals surface area contributed by atoms with Crippen LogP contribution in [0.3, 0.4) is 0 Å². The number of anilines is 2. The highest BCUT2D eigenvalue weighted by atomic mass is 16.5. The van der Waals surface area contributed by atoms with E-state index in [2.05, 4.69) is 19.2 Å². The normalized spacial score (nSPS) is 10.5. The molecule has 0 spiro atoms. The Morgan fingerprint density at radius 3 is 2.43 bits per heavy atom. The van der Waals surface area contributed by atoms with Crippen molar-refractivity contribution in [3.05, 3.63) is 59.7 Å². The van der Waals surface area contributed by atoms with Crippen molar-refractivity contribution >= 4 is 29.2 Å². The molecule has 0 atom stereocenters. The van der Waals surface area contributed by atoms with E-state index in [0.29, 0.717) is 11.3 Å². The van der Waals surface area contributed by atoms with Crippen molar-refractivity contribution in [1.82, 2.24) is 0 Å². The smallest absolute Gasteiger partial charge is 0.337 e. The fraction of sp³-hybridized carbons (Fsp3) is 0.318. The SMILES string of the molecule is COC(=O)c1cccc(N(CCC(=O)Nc2ccccc2C(C)C)C(C)=O)c1. The summed E-state index contributed by atoms with van der Waals surface area (Å²) in [4.78, 5) is 37.7. The molecule has 0 saturated heterocycles. The molecule has 6 nitrogen and oxygen atoms in total. The van der Waals surface area contributed by atoms with E-state index in [4.69, 9.17) is 4.74 Å². The Kier molecular flexibility index (Phi) is 7.32. The maximum Gasteiger partial charge on any atom is 0.337 e. The zero-order valence-corrected chi connectivity index (χ0v) is 16.7. The monoisotopic (exact) mass is 382 g/mol. The number of nitrogens with one attached hydrogen (secondary N) is 1. The number of ether oxygens (including phenoxy) is 1. The van der Waals surface area contributed by atoms with Gasteiger partial charge in [-0.1, -0.05) is 38.1 Å². The maximum absolute atomic E-state index is 12.4. The van der Waals surface area contributed by atoms with Crippen LogP contribution < -0.4 is 10.2 Å². The number of hydrogen-bond donors (Lipinski definition) is 1. The van der Waals surface area contributed by atoms with Crippen molar-refractivity contribution < 1.29 is 19.1 Å². The van der Waals surface area contributed by atoms with Gasteiger partial charge in [0.1, 0.15) is 0 Å². The van der Waals surface area contributed by atoms with Gasteiger partial charge >= 0.3 is 5.97 Å². The van der Waals surface area contributed by atoms with E-state index < -0.39 is 5.97 Å². The van der Waals surface area contributed by atoms with Gasteiger partial charge in [-0.15, -0.1) is 0 Å². The van der Waals surface area contributed by atoms with Gasteiger partial charge in [-0.2, -0.15) is 0 Å². The molecule has 0 radical (unpaired) electrons. The van der Waals surface area contributed by atoms with E-state index in [1.165, 1.54) is 18.9 Å². The lowest BCUT2D eigenvalue weighted by atomic mass is 10.0. The molecule has 0 aliphatic carbocycles. The molecule has 2 aromatic rings. The van der Waals surface area contributed by atoms with Crippen molar-refractivity contribution in [1.29, 1.82) is 0 Å². The number of carbonyl (C=O) groups is 3. The molecular formula is C22H26N2O4. The minimum absolute atomic E-state index is 0.133. The van der Waals surface area contributed by atoms with Gasteiger partial charge in [0, 0.05) is 31.3 Å². The van der Waals surface area contributed by atoms with Crippen LogP contribution in [0.1, 0.15) is 49.0 Å². The molecule has 1 N–H and O–H groups in total. The van der Waals surface area contributed by atoms with Gasteiger partial charge in [0.05, 0.1) is 12.7 Å². The topological polar surface area (TPSA) is 75.7 Å². The average molecular weight is 382 g/mol. The van der Waals surface area contributed by atoms with Crippen molar-refractivity contribution in [2.75, 3.05) is 23.9 Å². The fourth-order valence-electron chi connectivity index (χ4n) is 2.93. The highest BCUT2D eigenvalue weighted by Crippen LogP contribution is 2.24. The number of amides is 2. The van der Waals surface area contributed by atoms with E-state index >= 15 is 0 Å². The van der Waals surface area contributed by atoms with Crippen LogP contribution in [0.5, 0.6) is 0 Å². The first-order valence-corrected chi connectivity index (χ1v) is 9.18. The number of para-hydroxylation sites is 1. The molecule has 0 aromatic heterocycles. The summed E-state index contributed by atoms with van der Waals surface area (Å²) in [7, 11) is 1.30. The Morgan fingerprint density at radius 2 is 1.79 bits per heavy atom. The summed E-state index contributed by atoms with van der Waals surface area (Å²) in [6.45, 7) is 5.76. The molecule has 0 aliphatic heterocycles. The third kappa shape index (κ3) is 5.42. The van der Waals surface area contributed by atoms with Gasteiger partial charge < -0.3 is 15.0 Å². The molecule has 0 aliphatic rings. The van der Waals surface area contributed by atoms with Crippen LogP contribution in [0.2, 0.25) is 0 Å². The Balaban J connectivity index is 2.09. The minimum atomic E-state index is -0.478. The Bertz CT molecular complexity index is 861. The van der Waals surface area contributed by atoms with Crippen LogP contribution in [0.4, 0.5) is 11.4 Å². The number of carbonyl (C=O) groups excluding carboxylic acids is 3. The van der Waals surface area contributed by atoms with Crippen LogP contribution >= 0.6 is 0 Å². The highest BCUT2D eigenvalue weighted by molar-refractivity contribution is 5.97. The standard InChI is InChI=1S/C22H26N2O4/c1-15(2)19-10-5-6-11-20(19)23-21(26)12-13-24(16(3)25)18-9-7-8-17(14-18)22(27)28-4/h5-11,14-15H,12-13H2,1-4H3,(H,23,26). The Labute approximate surface area is 165 Å². The van der Waals surface area contributed by atoms with E-state index in [1.807, 2.05) is 24.3 Å². The molecular weight excluding hydrogens is 356 g/mol. The number of benzene rings is 2. The molecule has 148 valence electrons. The van der Waals surface area contributed by atoms with Gasteiger partial charge in [0.15, 0.2) is 0 Å². The molecule has 0 unspecified atom stereocenters. The third-order valence-corrected chi connectivity index (χ3v) is 4.38. The molecule has 28 heavy (non-hydrogen) atoms. The summed E-state index contributed by atoms with van der Waals surface area (Å²) in [5.74, 6) is -0.583. The molecule has 0 saturated carbocycles. The molecule has 2 rings (SSSR count). The maximum atomic E-state index is 12.4. The summed E-state index contributed by atoms with van der Waals surface area (Å²) in [5.41, 5.74) is 2.74. The molecule has 0 bridgehead atoms. The Hall–Kier alpha value is -3.15. The van der Waals surface area contributed by atoms with Gasteiger partial charge in [-0.25, -0.2) is 4.79 Å². The first-order chi connectivity index (χ1) is 13.3. The summed E-state index contributed by atoms with van der Waals surface area (Å²) in [6, 6.07) is 14.3. The summed E-state index contributed by atoms with van der Waals surface area (Å²) >= 11 is 0. The predicted molar refractivity (Wildman–Crippen MR) is 110 cm³/mol.